The number of carbonyl (C=O) groups is 2. The molecule has 17 heavy (non-hydrogen) atoms. The second kappa shape index (κ2) is 6.25. The Morgan fingerprint density at radius 2 is 1.53 bits per heavy atom. The van der Waals surface area contributed by atoms with E-state index in [1.54, 1.807) is 21.3 Å². The van der Waals surface area contributed by atoms with Gasteiger partial charge in [-0.25, -0.2) is 0 Å². The van der Waals surface area contributed by atoms with Crippen LogP contribution in [0.5, 0.6) is 0 Å². The van der Waals surface area contributed by atoms with Gasteiger partial charge >= 0.3 is 8.80 Å². The summed E-state index contributed by atoms with van der Waals surface area (Å²) in [5.74, 6) is -0.177. The molecule has 0 aromatic heterocycles. The van der Waals surface area contributed by atoms with Crippen molar-refractivity contribution in [2.75, 3.05) is 27.9 Å². The van der Waals surface area contributed by atoms with Crippen molar-refractivity contribution in [1.29, 1.82) is 0 Å². The second-order valence-electron chi connectivity index (χ2n) is 3.84. The molecule has 0 N–H and O–H groups in total. The van der Waals surface area contributed by atoms with Crippen molar-refractivity contribution in [2.24, 2.45) is 0 Å². The van der Waals surface area contributed by atoms with Crippen molar-refractivity contribution in [3.05, 3.63) is 0 Å². The van der Waals surface area contributed by atoms with Crippen LogP contribution in [0.2, 0.25) is 6.04 Å². The fraction of sp³-hybridized carbons (Fsp3) is 0.800. The average molecular weight is 261 g/mol. The molecule has 0 saturated carbocycles. The molecule has 1 aliphatic heterocycles. The molecule has 1 rings (SSSR count). The van der Waals surface area contributed by atoms with Gasteiger partial charge < -0.3 is 13.3 Å². The quantitative estimate of drug-likeness (QED) is 0.490. The minimum atomic E-state index is -2.58. The zero-order valence-corrected chi connectivity index (χ0v) is 11.5. The largest absolute Gasteiger partial charge is 0.500 e. The SMILES string of the molecule is CO[Si](CCCN1C(=O)CCC1=O)(OC)OC. The monoisotopic (exact) mass is 261 g/mol. The van der Waals surface area contributed by atoms with Crippen molar-refractivity contribution >= 4 is 20.6 Å². The summed E-state index contributed by atoms with van der Waals surface area (Å²) in [7, 11) is 2.06. The van der Waals surface area contributed by atoms with E-state index in [4.69, 9.17) is 13.3 Å². The molecular formula is C10H19NO5Si. The number of amides is 2. The molecule has 6 nitrogen and oxygen atoms in total. The maximum absolute atomic E-state index is 11.4. The van der Waals surface area contributed by atoms with E-state index in [1.165, 1.54) is 4.90 Å². The highest BCUT2D eigenvalue weighted by molar-refractivity contribution is 6.60. The van der Waals surface area contributed by atoms with Gasteiger partial charge in [-0.3, -0.25) is 14.5 Å². The van der Waals surface area contributed by atoms with Gasteiger partial charge in [0.05, 0.1) is 0 Å². The van der Waals surface area contributed by atoms with Crippen molar-refractivity contribution in [3.8, 4) is 0 Å². The summed E-state index contributed by atoms with van der Waals surface area (Å²) in [6.07, 6.45) is 1.31. The van der Waals surface area contributed by atoms with Gasteiger partial charge in [-0.15, -0.1) is 0 Å². The number of likely N-dealkylation sites (tertiary alicyclic amines) is 1. The maximum Gasteiger partial charge on any atom is 0.500 e. The normalized spacial score (nSPS) is 17.0. The van der Waals surface area contributed by atoms with Crippen LogP contribution < -0.4 is 0 Å². The van der Waals surface area contributed by atoms with Gasteiger partial charge in [-0.2, -0.15) is 0 Å². The van der Waals surface area contributed by atoms with Crippen LogP contribution in [-0.4, -0.2) is 53.4 Å². The smallest absolute Gasteiger partial charge is 0.377 e. The molecule has 0 atom stereocenters. The molecule has 2 amide bonds. The second-order valence-corrected chi connectivity index (χ2v) is 6.93. The van der Waals surface area contributed by atoms with Crippen LogP contribution in [0.25, 0.3) is 0 Å². The Labute approximate surface area is 102 Å². The third-order valence-electron chi connectivity index (χ3n) is 2.95. The molecule has 0 aromatic rings. The number of imide groups is 1. The predicted molar refractivity (Wildman–Crippen MR) is 62.2 cm³/mol. The van der Waals surface area contributed by atoms with Crippen molar-refractivity contribution in [2.45, 2.75) is 25.3 Å². The van der Waals surface area contributed by atoms with E-state index < -0.39 is 8.80 Å². The van der Waals surface area contributed by atoms with E-state index in [-0.39, 0.29) is 11.8 Å². The molecule has 0 spiro atoms. The predicted octanol–water partition coefficient (Wildman–Crippen LogP) is 0.404. The molecule has 0 radical (unpaired) electrons. The summed E-state index contributed by atoms with van der Waals surface area (Å²) in [6, 6.07) is 0.591. The molecule has 0 aliphatic carbocycles. The number of hydrogen-bond acceptors (Lipinski definition) is 5. The van der Waals surface area contributed by atoms with E-state index in [0.29, 0.717) is 31.9 Å². The Kier molecular flexibility index (Phi) is 5.25. The summed E-state index contributed by atoms with van der Waals surface area (Å²) < 4.78 is 15.8. The number of nitrogens with zero attached hydrogens (tertiary/aromatic N) is 1. The molecule has 0 bridgehead atoms. The molecule has 1 aliphatic rings. The summed E-state index contributed by atoms with van der Waals surface area (Å²) >= 11 is 0. The highest BCUT2D eigenvalue weighted by Crippen LogP contribution is 2.18. The van der Waals surface area contributed by atoms with Crippen molar-refractivity contribution in [1.82, 2.24) is 4.90 Å². The first-order chi connectivity index (χ1) is 8.08. The maximum atomic E-state index is 11.4. The van der Waals surface area contributed by atoms with Gasteiger partial charge in [0.1, 0.15) is 0 Å². The molecule has 7 heteroatoms. The topological polar surface area (TPSA) is 65.1 Å². The first kappa shape index (κ1) is 14.3. The lowest BCUT2D eigenvalue weighted by molar-refractivity contribution is -0.138. The number of rotatable bonds is 7. The molecule has 0 aromatic carbocycles. The van der Waals surface area contributed by atoms with Crippen LogP contribution >= 0.6 is 0 Å². The van der Waals surface area contributed by atoms with Crippen LogP contribution in [0.15, 0.2) is 0 Å². The molecule has 1 heterocycles. The Balaban J connectivity index is 2.41. The van der Waals surface area contributed by atoms with Crippen LogP contribution in [0.4, 0.5) is 0 Å². The molecule has 1 fully saturated rings. The van der Waals surface area contributed by atoms with Crippen LogP contribution in [0, 0.1) is 0 Å². The standard InChI is InChI=1S/C10H19NO5Si/c1-14-17(15-2,16-3)8-4-7-11-9(12)5-6-10(11)13/h4-8H2,1-3H3. The first-order valence-corrected chi connectivity index (χ1v) is 7.50. The molecule has 0 unspecified atom stereocenters. The zero-order chi connectivity index (χ0) is 12.9. The third kappa shape index (κ3) is 3.35. The lowest BCUT2D eigenvalue weighted by Crippen LogP contribution is -2.43. The highest BCUT2D eigenvalue weighted by atomic mass is 28.4. The Morgan fingerprint density at radius 1 is 1.06 bits per heavy atom. The lowest BCUT2D eigenvalue weighted by atomic mass is 10.4. The Hall–Kier alpha value is -0.763. The highest BCUT2D eigenvalue weighted by Gasteiger charge is 2.38. The van der Waals surface area contributed by atoms with Crippen LogP contribution in [0.3, 0.4) is 0 Å². The summed E-state index contributed by atoms with van der Waals surface area (Å²) in [5.41, 5.74) is 0. The van der Waals surface area contributed by atoms with Gasteiger partial charge in [0.15, 0.2) is 0 Å². The number of carbonyl (C=O) groups excluding carboxylic acids is 2. The molecule has 98 valence electrons. The first-order valence-electron chi connectivity index (χ1n) is 5.57. The Bertz CT molecular complexity index is 268. The third-order valence-corrected chi connectivity index (χ3v) is 5.78. The van der Waals surface area contributed by atoms with E-state index in [2.05, 4.69) is 0 Å². The Morgan fingerprint density at radius 3 is 1.94 bits per heavy atom. The van der Waals surface area contributed by atoms with Gasteiger partial charge in [-0.1, -0.05) is 0 Å². The summed E-state index contributed by atoms with van der Waals surface area (Å²) in [6.45, 7) is 0.419. The van der Waals surface area contributed by atoms with Crippen LogP contribution in [-0.2, 0) is 22.9 Å². The van der Waals surface area contributed by atoms with Gasteiger partial charge in [-0.05, 0) is 6.42 Å². The van der Waals surface area contributed by atoms with Crippen molar-refractivity contribution in [3.63, 3.8) is 0 Å². The summed E-state index contributed by atoms with van der Waals surface area (Å²) in [5, 5.41) is 0. The molecule has 1 saturated heterocycles. The van der Waals surface area contributed by atoms with Gasteiger partial charge in [0.2, 0.25) is 11.8 Å². The van der Waals surface area contributed by atoms with Gasteiger partial charge in [0.25, 0.3) is 0 Å². The van der Waals surface area contributed by atoms with Gasteiger partial charge in [0, 0.05) is 46.8 Å². The van der Waals surface area contributed by atoms with E-state index in [1.807, 2.05) is 0 Å². The minimum Gasteiger partial charge on any atom is -0.377 e. The minimum absolute atomic E-state index is 0.0884. The summed E-state index contributed by atoms with van der Waals surface area (Å²) in [4.78, 5) is 24.0. The average Bonchev–Trinajstić information content (AvgIpc) is 2.66. The fourth-order valence-corrected chi connectivity index (χ4v) is 3.59. The van der Waals surface area contributed by atoms with Crippen molar-refractivity contribution < 1.29 is 22.9 Å². The van der Waals surface area contributed by atoms with E-state index >= 15 is 0 Å². The number of hydrogen-bond donors (Lipinski definition) is 0. The fourth-order valence-electron chi connectivity index (χ4n) is 1.88. The molecular weight excluding hydrogens is 242 g/mol. The zero-order valence-electron chi connectivity index (χ0n) is 10.5. The van der Waals surface area contributed by atoms with Crippen LogP contribution in [0.1, 0.15) is 19.3 Å². The lowest BCUT2D eigenvalue weighted by Gasteiger charge is -2.25. The van der Waals surface area contributed by atoms with E-state index in [9.17, 15) is 9.59 Å². The van der Waals surface area contributed by atoms with E-state index in [0.717, 1.165) is 0 Å².